The summed E-state index contributed by atoms with van der Waals surface area (Å²) < 4.78 is 0. The minimum absolute atomic E-state index is 0.457. The Balaban J connectivity index is 1.94. The smallest absolute Gasteiger partial charge is 0.110 e. The third-order valence-corrected chi connectivity index (χ3v) is 4.96. The zero-order valence-corrected chi connectivity index (χ0v) is 12.2. The Morgan fingerprint density at radius 1 is 1.65 bits per heavy atom. The van der Waals surface area contributed by atoms with Crippen LogP contribution >= 0.6 is 22.9 Å². The van der Waals surface area contributed by atoms with Gasteiger partial charge in [0.15, 0.2) is 0 Å². The van der Waals surface area contributed by atoms with Gasteiger partial charge in [-0.15, -0.1) is 22.9 Å². The minimum atomic E-state index is 0.457. The van der Waals surface area contributed by atoms with Gasteiger partial charge in [-0.2, -0.15) is 0 Å². The highest BCUT2D eigenvalue weighted by Crippen LogP contribution is 2.30. The van der Waals surface area contributed by atoms with Crippen LogP contribution in [0, 0.1) is 5.92 Å². The fourth-order valence-corrected chi connectivity index (χ4v) is 3.73. The molecule has 0 N–H and O–H groups in total. The van der Waals surface area contributed by atoms with E-state index in [1.807, 2.05) is 0 Å². The van der Waals surface area contributed by atoms with E-state index >= 15 is 0 Å². The fraction of sp³-hybridized carbons (Fsp3) is 0.769. The van der Waals surface area contributed by atoms with E-state index in [2.05, 4.69) is 29.1 Å². The maximum atomic E-state index is 5.80. The molecule has 2 heterocycles. The molecule has 0 radical (unpaired) electrons. The number of likely N-dealkylation sites (tertiary alicyclic amines) is 1. The highest BCUT2D eigenvalue weighted by molar-refractivity contribution is 7.09. The predicted molar refractivity (Wildman–Crippen MR) is 74.7 cm³/mol. The Morgan fingerprint density at radius 3 is 3.12 bits per heavy atom. The molecule has 1 aliphatic rings. The van der Waals surface area contributed by atoms with E-state index in [0.717, 1.165) is 11.6 Å². The number of thiazole rings is 1. The first kappa shape index (κ1) is 13.3. The van der Waals surface area contributed by atoms with Gasteiger partial charge in [-0.3, -0.25) is 4.90 Å². The number of hydrogen-bond acceptors (Lipinski definition) is 3. The van der Waals surface area contributed by atoms with E-state index in [0.29, 0.717) is 11.9 Å². The van der Waals surface area contributed by atoms with Crippen molar-refractivity contribution in [3.8, 4) is 0 Å². The maximum absolute atomic E-state index is 5.80. The SMILES string of the molecule is CCCC1CCN(C(C)c2nc(CCl)cs2)C1. The van der Waals surface area contributed by atoms with Gasteiger partial charge >= 0.3 is 0 Å². The largest absolute Gasteiger partial charge is 0.294 e. The van der Waals surface area contributed by atoms with E-state index in [4.69, 9.17) is 11.6 Å². The van der Waals surface area contributed by atoms with Crippen LogP contribution in [0.4, 0.5) is 0 Å². The highest BCUT2D eigenvalue weighted by atomic mass is 35.5. The summed E-state index contributed by atoms with van der Waals surface area (Å²) in [6.07, 6.45) is 4.03. The lowest BCUT2D eigenvalue weighted by Gasteiger charge is -2.22. The van der Waals surface area contributed by atoms with Crippen LogP contribution < -0.4 is 0 Å². The first-order chi connectivity index (χ1) is 8.24. The molecule has 0 bridgehead atoms. The molecule has 0 saturated carbocycles. The number of nitrogens with zero attached hydrogens (tertiary/aromatic N) is 2. The average Bonchev–Trinajstić information content (AvgIpc) is 2.97. The molecule has 1 aromatic rings. The molecule has 0 amide bonds. The number of halogens is 1. The molecule has 1 aromatic heterocycles. The van der Waals surface area contributed by atoms with E-state index in [9.17, 15) is 0 Å². The summed E-state index contributed by atoms with van der Waals surface area (Å²) in [5, 5.41) is 3.30. The Bertz CT molecular complexity index is 353. The van der Waals surface area contributed by atoms with Crippen molar-refractivity contribution < 1.29 is 0 Å². The summed E-state index contributed by atoms with van der Waals surface area (Å²) in [4.78, 5) is 7.16. The molecule has 1 fully saturated rings. The molecule has 96 valence electrons. The van der Waals surface area contributed by atoms with Crippen LogP contribution in [0.1, 0.15) is 49.9 Å². The van der Waals surface area contributed by atoms with Crippen molar-refractivity contribution in [1.82, 2.24) is 9.88 Å². The molecule has 1 aliphatic heterocycles. The molecule has 17 heavy (non-hydrogen) atoms. The van der Waals surface area contributed by atoms with E-state index in [1.165, 1.54) is 37.4 Å². The van der Waals surface area contributed by atoms with Crippen molar-refractivity contribution in [2.45, 2.75) is 45.0 Å². The molecular formula is C13H21ClN2S. The zero-order chi connectivity index (χ0) is 12.3. The van der Waals surface area contributed by atoms with Gasteiger partial charge in [-0.25, -0.2) is 4.98 Å². The van der Waals surface area contributed by atoms with E-state index < -0.39 is 0 Å². The van der Waals surface area contributed by atoms with Crippen LogP contribution in [-0.2, 0) is 5.88 Å². The Hall–Kier alpha value is -0.120. The Labute approximate surface area is 113 Å². The van der Waals surface area contributed by atoms with Crippen molar-refractivity contribution in [3.05, 3.63) is 16.1 Å². The minimum Gasteiger partial charge on any atom is -0.294 e. The van der Waals surface area contributed by atoms with Gasteiger partial charge in [0.25, 0.3) is 0 Å². The third-order valence-electron chi connectivity index (χ3n) is 3.63. The molecule has 0 aromatic carbocycles. The number of aromatic nitrogens is 1. The summed E-state index contributed by atoms with van der Waals surface area (Å²) in [6, 6.07) is 0.457. The summed E-state index contributed by atoms with van der Waals surface area (Å²) in [6.45, 7) is 7.01. The van der Waals surface area contributed by atoms with Crippen LogP contribution in [-0.4, -0.2) is 23.0 Å². The zero-order valence-electron chi connectivity index (χ0n) is 10.7. The van der Waals surface area contributed by atoms with Gasteiger partial charge in [0.1, 0.15) is 5.01 Å². The lowest BCUT2D eigenvalue weighted by molar-refractivity contribution is 0.250. The van der Waals surface area contributed by atoms with Gasteiger partial charge in [0, 0.05) is 11.9 Å². The highest BCUT2D eigenvalue weighted by Gasteiger charge is 2.27. The van der Waals surface area contributed by atoms with Crippen molar-refractivity contribution in [2.75, 3.05) is 13.1 Å². The van der Waals surface area contributed by atoms with Crippen LogP contribution in [0.15, 0.2) is 5.38 Å². The molecule has 0 spiro atoms. The molecule has 1 saturated heterocycles. The number of hydrogen-bond donors (Lipinski definition) is 0. The van der Waals surface area contributed by atoms with Gasteiger partial charge in [0.05, 0.1) is 17.6 Å². The first-order valence-corrected chi connectivity index (χ1v) is 7.90. The average molecular weight is 273 g/mol. The van der Waals surface area contributed by atoms with Crippen molar-refractivity contribution in [3.63, 3.8) is 0 Å². The molecule has 2 unspecified atom stereocenters. The summed E-state index contributed by atoms with van der Waals surface area (Å²) in [5.74, 6) is 1.43. The van der Waals surface area contributed by atoms with Crippen LogP contribution in [0.25, 0.3) is 0 Å². The van der Waals surface area contributed by atoms with Crippen LogP contribution in [0.3, 0.4) is 0 Å². The summed E-state index contributed by atoms with van der Waals surface area (Å²) in [7, 11) is 0. The molecule has 2 atom stereocenters. The molecule has 4 heteroatoms. The number of alkyl halides is 1. The topological polar surface area (TPSA) is 16.1 Å². The summed E-state index contributed by atoms with van der Waals surface area (Å²) >= 11 is 7.55. The molecular weight excluding hydrogens is 252 g/mol. The first-order valence-electron chi connectivity index (χ1n) is 6.49. The Kier molecular flexibility index (Phi) is 4.83. The summed E-state index contributed by atoms with van der Waals surface area (Å²) in [5.41, 5.74) is 1.02. The van der Waals surface area contributed by atoms with Gasteiger partial charge in [-0.05, 0) is 32.2 Å². The molecule has 0 aliphatic carbocycles. The predicted octanol–water partition coefficient (Wildman–Crippen LogP) is 4.06. The van der Waals surface area contributed by atoms with Gasteiger partial charge in [0.2, 0.25) is 0 Å². The van der Waals surface area contributed by atoms with E-state index in [-0.39, 0.29) is 0 Å². The van der Waals surface area contributed by atoms with Crippen molar-refractivity contribution in [2.24, 2.45) is 5.92 Å². The molecule has 2 rings (SSSR count). The normalized spacial score (nSPS) is 23.1. The standard InChI is InChI=1S/C13H21ClN2S/c1-3-4-11-5-6-16(8-11)10(2)13-15-12(7-14)9-17-13/h9-11H,3-8H2,1-2H3. The second kappa shape index (κ2) is 6.17. The monoisotopic (exact) mass is 272 g/mol. The lowest BCUT2D eigenvalue weighted by Crippen LogP contribution is -2.24. The fourth-order valence-electron chi connectivity index (χ4n) is 2.59. The lowest BCUT2D eigenvalue weighted by atomic mass is 10.0. The maximum Gasteiger partial charge on any atom is 0.110 e. The molecule has 2 nitrogen and oxygen atoms in total. The van der Waals surface area contributed by atoms with Gasteiger partial charge < -0.3 is 0 Å². The van der Waals surface area contributed by atoms with Gasteiger partial charge in [-0.1, -0.05) is 13.3 Å². The van der Waals surface area contributed by atoms with Crippen LogP contribution in [0.5, 0.6) is 0 Å². The van der Waals surface area contributed by atoms with E-state index in [1.54, 1.807) is 11.3 Å². The van der Waals surface area contributed by atoms with Crippen LogP contribution in [0.2, 0.25) is 0 Å². The third kappa shape index (κ3) is 3.21. The Morgan fingerprint density at radius 2 is 2.47 bits per heavy atom. The second-order valence-corrected chi connectivity index (χ2v) is 6.08. The van der Waals surface area contributed by atoms with Crippen molar-refractivity contribution >= 4 is 22.9 Å². The number of rotatable bonds is 5. The van der Waals surface area contributed by atoms with Crippen molar-refractivity contribution in [1.29, 1.82) is 0 Å². The second-order valence-electron chi connectivity index (χ2n) is 4.92. The quantitative estimate of drug-likeness (QED) is 0.752.